The summed E-state index contributed by atoms with van der Waals surface area (Å²) in [7, 11) is 0. The molecule has 0 N–H and O–H groups in total. The van der Waals surface area contributed by atoms with Crippen LogP contribution in [0.3, 0.4) is 0 Å². The summed E-state index contributed by atoms with van der Waals surface area (Å²) in [6.07, 6.45) is -4.49. The fourth-order valence-electron chi connectivity index (χ4n) is 2.26. The second kappa shape index (κ2) is 6.11. The van der Waals surface area contributed by atoms with Crippen molar-refractivity contribution in [2.45, 2.75) is 26.9 Å². The van der Waals surface area contributed by atoms with Crippen molar-refractivity contribution in [3.8, 4) is 11.5 Å². The molecule has 0 aliphatic carbocycles. The normalized spacial score (nSPS) is 14.0. The number of rotatable bonds is 3. The van der Waals surface area contributed by atoms with Crippen molar-refractivity contribution < 1.29 is 27.4 Å². The Morgan fingerprint density at radius 3 is 2.43 bits per heavy atom. The highest BCUT2D eigenvalue weighted by Gasteiger charge is 2.35. The smallest absolute Gasteiger partial charge is 0.406 e. The molecule has 0 bridgehead atoms. The number of ether oxygens (including phenoxy) is 2. The molecule has 1 aromatic carbocycles. The first-order valence-electron chi connectivity index (χ1n) is 6.91. The minimum Gasteiger partial charge on any atom is -0.454 e. The fraction of sp³-hybridized carbons (Fsp3) is 0.533. The van der Waals surface area contributed by atoms with Crippen LogP contribution in [0.5, 0.6) is 11.5 Å². The first-order valence-corrected chi connectivity index (χ1v) is 7.29. The summed E-state index contributed by atoms with van der Waals surface area (Å²) in [6, 6.07) is 2.64. The van der Waals surface area contributed by atoms with Crippen LogP contribution in [0.25, 0.3) is 0 Å². The number of nitrogens with zero attached hydrogens (tertiary/aromatic N) is 1. The van der Waals surface area contributed by atoms with Crippen LogP contribution in [-0.2, 0) is 0 Å². The van der Waals surface area contributed by atoms with E-state index in [1.165, 1.54) is 12.1 Å². The van der Waals surface area contributed by atoms with E-state index in [0.29, 0.717) is 5.75 Å². The second-order valence-electron chi connectivity index (χ2n) is 6.53. The van der Waals surface area contributed by atoms with Crippen LogP contribution in [0, 0.1) is 5.41 Å². The lowest BCUT2D eigenvalue weighted by molar-refractivity contribution is -0.142. The van der Waals surface area contributed by atoms with Gasteiger partial charge in [-0.15, -0.1) is 0 Å². The SMILES string of the molecule is CC(C)(C)CN(CC(F)(F)F)C(=O)c1cc(Cl)c2c(c1)OCO2. The highest BCUT2D eigenvalue weighted by Crippen LogP contribution is 2.40. The molecule has 0 saturated carbocycles. The quantitative estimate of drug-likeness (QED) is 0.822. The number of carbonyl (C=O) groups excluding carboxylic acids is 1. The van der Waals surface area contributed by atoms with Crippen molar-refractivity contribution in [1.29, 1.82) is 0 Å². The first-order chi connectivity index (χ1) is 10.5. The van der Waals surface area contributed by atoms with E-state index in [9.17, 15) is 18.0 Å². The summed E-state index contributed by atoms with van der Waals surface area (Å²) in [5.74, 6) is -0.206. The molecule has 2 rings (SSSR count). The van der Waals surface area contributed by atoms with Crippen LogP contribution in [0.1, 0.15) is 31.1 Å². The molecular formula is C15H17ClF3NO3. The standard InChI is InChI=1S/C15H17ClF3NO3/c1-14(2,3)6-20(7-15(17,18)19)13(21)9-4-10(16)12-11(5-9)22-8-23-12/h4-5H,6-8H2,1-3H3. The van der Waals surface area contributed by atoms with Gasteiger partial charge in [0.25, 0.3) is 5.91 Å². The van der Waals surface area contributed by atoms with Crippen LogP contribution in [0.15, 0.2) is 12.1 Å². The van der Waals surface area contributed by atoms with Gasteiger partial charge in [0.2, 0.25) is 6.79 Å². The predicted octanol–water partition coefficient (Wildman–Crippen LogP) is 4.12. The van der Waals surface area contributed by atoms with E-state index >= 15 is 0 Å². The molecule has 0 spiro atoms. The number of carbonyl (C=O) groups is 1. The summed E-state index contributed by atoms with van der Waals surface area (Å²) in [6.45, 7) is 3.87. The topological polar surface area (TPSA) is 38.8 Å². The Morgan fingerprint density at radius 2 is 1.87 bits per heavy atom. The third-order valence-corrected chi connectivity index (χ3v) is 3.28. The van der Waals surface area contributed by atoms with E-state index in [2.05, 4.69) is 0 Å². The summed E-state index contributed by atoms with van der Waals surface area (Å²) >= 11 is 5.99. The van der Waals surface area contributed by atoms with Crippen molar-refractivity contribution in [2.24, 2.45) is 5.41 Å². The zero-order valence-corrected chi connectivity index (χ0v) is 13.7. The summed E-state index contributed by atoms with van der Waals surface area (Å²) in [4.78, 5) is 13.3. The maximum absolute atomic E-state index is 12.8. The van der Waals surface area contributed by atoms with Gasteiger partial charge in [-0.3, -0.25) is 4.79 Å². The molecule has 0 radical (unpaired) electrons. The van der Waals surface area contributed by atoms with Gasteiger partial charge in [0.1, 0.15) is 6.54 Å². The zero-order chi connectivity index (χ0) is 17.4. The van der Waals surface area contributed by atoms with Crippen molar-refractivity contribution in [3.05, 3.63) is 22.7 Å². The molecule has 0 saturated heterocycles. The number of benzene rings is 1. The fourth-order valence-corrected chi connectivity index (χ4v) is 2.53. The number of halogens is 4. The number of hydrogen-bond acceptors (Lipinski definition) is 3. The second-order valence-corrected chi connectivity index (χ2v) is 6.94. The Morgan fingerprint density at radius 1 is 1.22 bits per heavy atom. The lowest BCUT2D eigenvalue weighted by atomic mass is 9.95. The molecule has 0 atom stereocenters. The molecule has 0 fully saturated rings. The van der Waals surface area contributed by atoms with Gasteiger partial charge in [-0.2, -0.15) is 13.2 Å². The number of amides is 1. The van der Waals surface area contributed by atoms with E-state index in [4.69, 9.17) is 21.1 Å². The maximum atomic E-state index is 12.8. The van der Waals surface area contributed by atoms with Gasteiger partial charge in [0.15, 0.2) is 11.5 Å². The van der Waals surface area contributed by atoms with E-state index in [0.717, 1.165) is 4.90 Å². The van der Waals surface area contributed by atoms with Crippen LogP contribution in [0.4, 0.5) is 13.2 Å². The van der Waals surface area contributed by atoms with Gasteiger partial charge < -0.3 is 14.4 Å². The molecule has 0 aromatic heterocycles. The Labute approximate surface area is 137 Å². The third-order valence-electron chi connectivity index (χ3n) is 3.00. The van der Waals surface area contributed by atoms with E-state index < -0.39 is 24.0 Å². The Kier molecular flexibility index (Phi) is 4.71. The Hall–Kier alpha value is -1.63. The summed E-state index contributed by atoms with van der Waals surface area (Å²) in [5.41, 5.74) is -0.450. The van der Waals surface area contributed by atoms with Gasteiger partial charge >= 0.3 is 6.18 Å². The maximum Gasteiger partial charge on any atom is 0.406 e. The molecule has 128 valence electrons. The molecular weight excluding hydrogens is 335 g/mol. The minimum atomic E-state index is -4.49. The molecule has 0 unspecified atom stereocenters. The molecule has 1 aliphatic heterocycles. The van der Waals surface area contributed by atoms with Crippen LogP contribution >= 0.6 is 11.6 Å². The summed E-state index contributed by atoms with van der Waals surface area (Å²) < 4.78 is 48.7. The van der Waals surface area contributed by atoms with Crippen LogP contribution < -0.4 is 9.47 Å². The average molecular weight is 352 g/mol. The summed E-state index contributed by atoms with van der Waals surface area (Å²) in [5, 5.41) is 0.131. The minimum absolute atomic E-state index is 0.0350. The lowest BCUT2D eigenvalue weighted by Crippen LogP contribution is -2.43. The molecule has 23 heavy (non-hydrogen) atoms. The largest absolute Gasteiger partial charge is 0.454 e. The van der Waals surface area contributed by atoms with Gasteiger partial charge in [-0.25, -0.2) is 0 Å². The van der Waals surface area contributed by atoms with E-state index in [-0.39, 0.29) is 29.7 Å². The molecule has 1 amide bonds. The Bertz CT molecular complexity index is 595. The van der Waals surface area contributed by atoms with E-state index in [1.807, 2.05) is 0 Å². The number of fused-ring (bicyclic) bond motifs is 1. The zero-order valence-electron chi connectivity index (χ0n) is 13.0. The first kappa shape index (κ1) is 17.7. The van der Waals surface area contributed by atoms with Crippen molar-refractivity contribution in [1.82, 2.24) is 4.90 Å². The molecule has 8 heteroatoms. The van der Waals surface area contributed by atoms with Crippen molar-refractivity contribution >= 4 is 17.5 Å². The van der Waals surface area contributed by atoms with Crippen molar-refractivity contribution in [2.75, 3.05) is 19.9 Å². The van der Waals surface area contributed by atoms with Gasteiger partial charge in [-0.05, 0) is 17.5 Å². The third kappa shape index (κ3) is 4.67. The molecule has 1 aliphatic rings. The molecule has 1 aromatic rings. The lowest BCUT2D eigenvalue weighted by Gasteiger charge is -2.30. The van der Waals surface area contributed by atoms with Gasteiger partial charge in [-0.1, -0.05) is 32.4 Å². The number of hydrogen-bond donors (Lipinski definition) is 0. The highest BCUT2D eigenvalue weighted by molar-refractivity contribution is 6.32. The molecule has 1 heterocycles. The molecule has 4 nitrogen and oxygen atoms in total. The van der Waals surface area contributed by atoms with E-state index in [1.54, 1.807) is 20.8 Å². The monoisotopic (exact) mass is 351 g/mol. The van der Waals surface area contributed by atoms with Gasteiger partial charge in [0, 0.05) is 12.1 Å². The Balaban J connectivity index is 2.31. The average Bonchev–Trinajstić information content (AvgIpc) is 2.82. The number of alkyl halides is 3. The highest BCUT2D eigenvalue weighted by atomic mass is 35.5. The van der Waals surface area contributed by atoms with Gasteiger partial charge in [0.05, 0.1) is 5.02 Å². The van der Waals surface area contributed by atoms with Crippen LogP contribution in [0.2, 0.25) is 5.02 Å². The van der Waals surface area contributed by atoms with Crippen LogP contribution in [-0.4, -0.2) is 36.9 Å². The van der Waals surface area contributed by atoms with Crippen molar-refractivity contribution in [3.63, 3.8) is 0 Å². The predicted molar refractivity (Wildman–Crippen MR) is 79.0 cm³/mol.